The van der Waals surface area contributed by atoms with Gasteiger partial charge in [-0.05, 0) is 47.7 Å². The largest absolute Gasteiger partial charge is 0.465 e. The molecule has 110 valence electrons. The summed E-state index contributed by atoms with van der Waals surface area (Å²) in [5.74, 6) is -0.680. The molecular weight excluding hydrogens is 271 g/mol. The molecule has 0 aliphatic carbocycles. The zero-order chi connectivity index (χ0) is 15.2. The topological polar surface area (TPSA) is 46.5 Å². The van der Waals surface area contributed by atoms with Crippen LogP contribution in [0.15, 0.2) is 42.5 Å². The molecular formula is C17H17FO3. The van der Waals surface area contributed by atoms with E-state index in [0.717, 1.165) is 11.1 Å². The predicted octanol–water partition coefficient (Wildman–Crippen LogP) is 2.89. The van der Waals surface area contributed by atoms with Gasteiger partial charge in [-0.2, -0.15) is 0 Å². The molecule has 1 N–H and O–H groups in total. The molecule has 0 heterocycles. The first kappa shape index (κ1) is 15.2. The summed E-state index contributed by atoms with van der Waals surface area (Å²) in [7, 11) is 1.33. The van der Waals surface area contributed by atoms with Crippen LogP contribution in [0.25, 0.3) is 0 Å². The maximum Gasteiger partial charge on any atom is 0.338 e. The molecule has 0 aliphatic heterocycles. The molecule has 0 fully saturated rings. The van der Waals surface area contributed by atoms with Gasteiger partial charge in [0.05, 0.1) is 19.3 Å². The van der Waals surface area contributed by atoms with E-state index in [-0.39, 0.29) is 12.4 Å². The monoisotopic (exact) mass is 288 g/mol. The van der Waals surface area contributed by atoms with Gasteiger partial charge in [-0.1, -0.05) is 24.3 Å². The van der Waals surface area contributed by atoms with Crippen molar-refractivity contribution in [1.82, 2.24) is 0 Å². The van der Waals surface area contributed by atoms with E-state index in [2.05, 4.69) is 0 Å². The lowest BCUT2D eigenvalue weighted by atomic mass is 9.98. The first-order valence-electron chi connectivity index (χ1n) is 6.69. The highest BCUT2D eigenvalue weighted by molar-refractivity contribution is 5.91. The molecule has 0 unspecified atom stereocenters. The van der Waals surface area contributed by atoms with E-state index in [9.17, 15) is 9.18 Å². The first-order chi connectivity index (χ1) is 10.1. The van der Waals surface area contributed by atoms with E-state index in [1.54, 1.807) is 24.3 Å². The van der Waals surface area contributed by atoms with Gasteiger partial charge in [0.25, 0.3) is 0 Å². The van der Waals surface area contributed by atoms with Gasteiger partial charge in [0.1, 0.15) is 5.82 Å². The van der Waals surface area contributed by atoms with Gasteiger partial charge >= 0.3 is 5.97 Å². The summed E-state index contributed by atoms with van der Waals surface area (Å²) >= 11 is 0. The van der Waals surface area contributed by atoms with Crippen LogP contribution in [-0.4, -0.2) is 18.2 Å². The Kier molecular flexibility index (Phi) is 5.06. The Labute approximate surface area is 123 Å². The average molecular weight is 288 g/mol. The summed E-state index contributed by atoms with van der Waals surface area (Å²) in [5, 5.41) is 9.15. The van der Waals surface area contributed by atoms with Crippen molar-refractivity contribution >= 4 is 5.97 Å². The number of rotatable bonds is 5. The summed E-state index contributed by atoms with van der Waals surface area (Å²) < 4.78 is 17.6. The third-order valence-electron chi connectivity index (χ3n) is 3.36. The average Bonchev–Trinajstić information content (AvgIpc) is 2.53. The van der Waals surface area contributed by atoms with Crippen LogP contribution in [0.5, 0.6) is 0 Å². The van der Waals surface area contributed by atoms with Gasteiger partial charge in [0.2, 0.25) is 0 Å². The second-order valence-corrected chi connectivity index (χ2v) is 4.77. The number of esters is 1. The minimum Gasteiger partial charge on any atom is -0.465 e. The molecule has 2 aromatic rings. The first-order valence-corrected chi connectivity index (χ1v) is 6.69. The second kappa shape index (κ2) is 6.99. The number of benzene rings is 2. The Morgan fingerprint density at radius 2 is 1.76 bits per heavy atom. The molecule has 0 aromatic heterocycles. The van der Waals surface area contributed by atoms with E-state index in [1.807, 2.05) is 6.07 Å². The third kappa shape index (κ3) is 3.89. The number of aryl methyl sites for hydroxylation is 2. The fourth-order valence-electron chi connectivity index (χ4n) is 2.17. The van der Waals surface area contributed by atoms with Crippen LogP contribution in [0.1, 0.15) is 27.0 Å². The molecule has 4 heteroatoms. The Bertz CT molecular complexity index is 620. The highest BCUT2D eigenvalue weighted by Crippen LogP contribution is 2.17. The lowest BCUT2D eigenvalue weighted by Crippen LogP contribution is -2.07. The number of hydrogen-bond donors (Lipinski definition) is 1. The molecule has 0 bridgehead atoms. The molecule has 0 atom stereocenters. The molecule has 2 aromatic carbocycles. The molecule has 0 aliphatic rings. The van der Waals surface area contributed by atoms with Crippen molar-refractivity contribution in [2.24, 2.45) is 0 Å². The number of aliphatic hydroxyl groups is 1. The maximum atomic E-state index is 12.9. The molecule has 0 saturated heterocycles. The summed E-state index contributed by atoms with van der Waals surface area (Å²) in [6.07, 6.45) is 1.34. The molecule has 21 heavy (non-hydrogen) atoms. The normalized spacial score (nSPS) is 10.4. The van der Waals surface area contributed by atoms with E-state index in [0.29, 0.717) is 24.0 Å². The van der Waals surface area contributed by atoms with E-state index < -0.39 is 5.97 Å². The predicted molar refractivity (Wildman–Crippen MR) is 77.5 cm³/mol. The third-order valence-corrected chi connectivity index (χ3v) is 3.36. The number of carbonyl (C=O) groups is 1. The second-order valence-electron chi connectivity index (χ2n) is 4.77. The van der Waals surface area contributed by atoms with Crippen LogP contribution in [-0.2, 0) is 24.2 Å². The Balaban J connectivity index is 2.18. The minimum absolute atomic E-state index is 0.123. The van der Waals surface area contributed by atoms with E-state index in [4.69, 9.17) is 9.84 Å². The van der Waals surface area contributed by atoms with Crippen LogP contribution < -0.4 is 0 Å². The van der Waals surface area contributed by atoms with E-state index in [1.165, 1.54) is 19.2 Å². The van der Waals surface area contributed by atoms with Gasteiger partial charge in [-0.3, -0.25) is 0 Å². The van der Waals surface area contributed by atoms with Crippen molar-refractivity contribution in [3.63, 3.8) is 0 Å². The Hall–Kier alpha value is -2.20. The molecule has 0 radical (unpaired) electrons. The number of aliphatic hydroxyl groups excluding tert-OH is 1. The number of halogens is 1. The van der Waals surface area contributed by atoms with Crippen LogP contribution in [0, 0.1) is 5.82 Å². The lowest BCUT2D eigenvalue weighted by molar-refractivity contribution is 0.0599. The summed E-state index contributed by atoms with van der Waals surface area (Å²) in [6, 6.07) is 11.6. The smallest absolute Gasteiger partial charge is 0.338 e. The molecule has 0 saturated carbocycles. The van der Waals surface area contributed by atoms with Crippen LogP contribution >= 0.6 is 0 Å². The number of carbonyl (C=O) groups excluding carboxylic acids is 1. The van der Waals surface area contributed by atoms with Crippen molar-refractivity contribution in [3.05, 3.63) is 70.5 Å². The van der Waals surface area contributed by atoms with Crippen molar-refractivity contribution in [2.75, 3.05) is 7.11 Å². The highest BCUT2D eigenvalue weighted by atomic mass is 19.1. The SMILES string of the molecule is COC(=O)c1cc(CO)ccc1CCc1ccc(F)cc1. The van der Waals surface area contributed by atoms with Gasteiger partial charge in [-0.15, -0.1) is 0 Å². The van der Waals surface area contributed by atoms with Crippen molar-refractivity contribution in [1.29, 1.82) is 0 Å². The number of hydrogen-bond acceptors (Lipinski definition) is 3. The van der Waals surface area contributed by atoms with Crippen LogP contribution in [0.4, 0.5) is 4.39 Å². The maximum absolute atomic E-state index is 12.9. The van der Waals surface area contributed by atoms with E-state index >= 15 is 0 Å². The quantitative estimate of drug-likeness (QED) is 0.861. The minimum atomic E-state index is -0.417. The van der Waals surface area contributed by atoms with Crippen LogP contribution in [0.3, 0.4) is 0 Å². The zero-order valence-corrected chi connectivity index (χ0v) is 11.8. The fraction of sp³-hybridized carbons (Fsp3) is 0.235. The van der Waals surface area contributed by atoms with Gasteiger partial charge in [0.15, 0.2) is 0 Å². The molecule has 0 amide bonds. The zero-order valence-electron chi connectivity index (χ0n) is 11.8. The van der Waals surface area contributed by atoms with Crippen molar-refractivity contribution < 1.29 is 19.0 Å². The fourth-order valence-corrected chi connectivity index (χ4v) is 2.17. The van der Waals surface area contributed by atoms with Gasteiger partial charge in [-0.25, -0.2) is 9.18 Å². The van der Waals surface area contributed by atoms with Gasteiger partial charge in [0, 0.05) is 0 Å². The molecule has 3 nitrogen and oxygen atoms in total. The van der Waals surface area contributed by atoms with Gasteiger partial charge < -0.3 is 9.84 Å². The summed E-state index contributed by atoms with van der Waals surface area (Å²) in [6.45, 7) is -0.123. The number of ether oxygens (including phenoxy) is 1. The molecule has 0 spiro atoms. The summed E-state index contributed by atoms with van der Waals surface area (Å²) in [5.41, 5.74) is 2.98. The standard InChI is InChI=1S/C17H17FO3/c1-21-17(20)16-10-13(11-19)3-7-14(16)6-2-12-4-8-15(18)9-5-12/h3-5,7-10,19H,2,6,11H2,1H3. The highest BCUT2D eigenvalue weighted by Gasteiger charge is 2.12. The lowest BCUT2D eigenvalue weighted by Gasteiger charge is -2.10. The Morgan fingerprint density at radius 1 is 1.10 bits per heavy atom. The summed E-state index contributed by atoms with van der Waals surface area (Å²) in [4.78, 5) is 11.8. The van der Waals surface area contributed by atoms with Crippen LogP contribution in [0.2, 0.25) is 0 Å². The number of methoxy groups -OCH3 is 1. The Morgan fingerprint density at radius 3 is 2.38 bits per heavy atom. The van der Waals surface area contributed by atoms with Crippen molar-refractivity contribution in [3.8, 4) is 0 Å². The molecule has 2 rings (SSSR count). The van der Waals surface area contributed by atoms with Crippen molar-refractivity contribution in [2.45, 2.75) is 19.4 Å².